The van der Waals surface area contributed by atoms with Crippen LogP contribution in [0.3, 0.4) is 0 Å². The van der Waals surface area contributed by atoms with E-state index in [1.807, 2.05) is 18.1 Å². The molecule has 1 fully saturated rings. The van der Waals surface area contributed by atoms with Gasteiger partial charge in [0.05, 0.1) is 5.69 Å². The second kappa shape index (κ2) is 8.83. The first-order valence-electron chi connectivity index (χ1n) is 9.78. The van der Waals surface area contributed by atoms with E-state index in [-0.39, 0.29) is 5.24 Å². The molecule has 0 bridgehead atoms. The largest absolute Gasteiger partial charge is 0.489 e. The zero-order chi connectivity index (χ0) is 19.4. The van der Waals surface area contributed by atoms with Crippen LogP contribution in [0.4, 0.5) is 10.5 Å². The number of nitrogens with zero attached hydrogens (tertiary/aromatic N) is 1. The second-order valence-electron chi connectivity index (χ2n) is 7.08. The van der Waals surface area contributed by atoms with E-state index in [0.29, 0.717) is 19.1 Å². The summed E-state index contributed by atoms with van der Waals surface area (Å²) < 4.78 is 6.24. The average Bonchev–Trinajstić information content (AvgIpc) is 3.53. The number of amides is 1. The van der Waals surface area contributed by atoms with Gasteiger partial charge in [-0.15, -0.1) is 0 Å². The standard InChI is InChI=1S/C23H29NO2S/c1-5-17-10-13-22(16(3)14-17)26-15-20-19(18-11-12-18)8-7-9-21(20)24(6-2)23(25)27-4/h7-10,13-14,18H,5-6,11-12,15H2,1-4H3. The number of thioether (sulfide) groups is 1. The minimum absolute atomic E-state index is 0.0789. The molecule has 4 heteroatoms. The van der Waals surface area contributed by atoms with E-state index in [2.05, 4.69) is 50.2 Å². The van der Waals surface area contributed by atoms with Gasteiger partial charge in [0.15, 0.2) is 0 Å². The van der Waals surface area contributed by atoms with Crippen LogP contribution in [-0.2, 0) is 13.0 Å². The van der Waals surface area contributed by atoms with Crippen LogP contribution < -0.4 is 9.64 Å². The zero-order valence-corrected chi connectivity index (χ0v) is 17.6. The summed E-state index contributed by atoms with van der Waals surface area (Å²) >= 11 is 1.26. The highest BCUT2D eigenvalue weighted by atomic mass is 32.2. The van der Waals surface area contributed by atoms with Crippen molar-refractivity contribution in [2.45, 2.75) is 52.6 Å². The Morgan fingerprint density at radius 1 is 1.22 bits per heavy atom. The quantitative estimate of drug-likeness (QED) is 0.560. The monoisotopic (exact) mass is 383 g/mol. The highest BCUT2D eigenvalue weighted by Gasteiger charge is 2.29. The number of carbonyl (C=O) groups is 1. The number of ether oxygens (including phenoxy) is 1. The average molecular weight is 384 g/mol. The van der Waals surface area contributed by atoms with Gasteiger partial charge >= 0.3 is 0 Å². The molecule has 3 rings (SSSR count). The first-order chi connectivity index (χ1) is 13.1. The zero-order valence-electron chi connectivity index (χ0n) is 16.7. The Kier molecular flexibility index (Phi) is 6.48. The number of aryl methyl sites for hydroxylation is 2. The number of benzene rings is 2. The molecule has 0 spiro atoms. The molecule has 1 aliphatic carbocycles. The van der Waals surface area contributed by atoms with Gasteiger partial charge in [-0.3, -0.25) is 4.79 Å². The Morgan fingerprint density at radius 2 is 2.00 bits per heavy atom. The van der Waals surface area contributed by atoms with Crippen molar-refractivity contribution in [3.8, 4) is 5.75 Å². The van der Waals surface area contributed by atoms with Gasteiger partial charge in [-0.25, -0.2) is 0 Å². The molecular formula is C23H29NO2S. The maximum Gasteiger partial charge on any atom is 0.285 e. The minimum Gasteiger partial charge on any atom is -0.489 e. The van der Waals surface area contributed by atoms with Crippen molar-refractivity contribution in [3.63, 3.8) is 0 Å². The third-order valence-corrected chi connectivity index (χ3v) is 5.80. The Bertz CT molecular complexity index is 814. The van der Waals surface area contributed by atoms with E-state index in [0.717, 1.165) is 29.0 Å². The molecule has 0 aliphatic heterocycles. The summed E-state index contributed by atoms with van der Waals surface area (Å²) in [5.74, 6) is 1.53. The molecule has 0 radical (unpaired) electrons. The number of carbonyl (C=O) groups excluding carboxylic acids is 1. The van der Waals surface area contributed by atoms with Crippen molar-refractivity contribution in [2.24, 2.45) is 0 Å². The van der Waals surface area contributed by atoms with Gasteiger partial charge in [-0.1, -0.05) is 43.0 Å². The molecule has 3 nitrogen and oxygen atoms in total. The summed E-state index contributed by atoms with van der Waals surface area (Å²) in [6.07, 6.45) is 5.31. The van der Waals surface area contributed by atoms with E-state index >= 15 is 0 Å². The van der Waals surface area contributed by atoms with Crippen molar-refractivity contribution in [1.29, 1.82) is 0 Å². The van der Waals surface area contributed by atoms with Crippen LogP contribution in [0.2, 0.25) is 0 Å². The normalized spacial score (nSPS) is 13.5. The highest BCUT2D eigenvalue weighted by molar-refractivity contribution is 8.13. The van der Waals surface area contributed by atoms with Crippen molar-refractivity contribution in [2.75, 3.05) is 17.7 Å². The van der Waals surface area contributed by atoms with Gasteiger partial charge in [0.2, 0.25) is 0 Å². The molecule has 1 aliphatic rings. The predicted molar refractivity (Wildman–Crippen MR) is 115 cm³/mol. The van der Waals surface area contributed by atoms with Crippen LogP contribution in [0.1, 0.15) is 54.9 Å². The molecule has 0 heterocycles. The van der Waals surface area contributed by atoms with Gasteiger partial charge in [0, 0.05) is 12.1 Å². The molecule has 27 heavy (non-hydrogen) atoms. The molecule has 2 aromatic carbocycles. The molecule has 1 saturated carbocycles. The summed E-state index contributed by atoms with van der Waals surface area (Å²) in [5, 5.41) is 0.0789. The Hall–Kier alpha value is -1.94. The molecule has 0 aromatic heterocycles. The van der Waals surface area contributed by atoms with Gasteiger partial charge < -0.3 is 9.64 Å². The molecule has 0 unspecified atom stereocenters. The molecule has 1 amide bonds. The van der Waals surface area contributed by atoms with Gasteiger partial charge in [0.25, 0.3) is 5.24 Å². The van der Waals surface area contributed by atoms with Crippen LogP contribution in [-0.4, -0.2) is 18.0 Å². The van der Waals surface area contributed by atoms with Crippen LogP contribution in [0, 0.1) is 6.92 Å². The van der Waals surface area contributed by atoms with E-state index < -0.39 is 0 Å². The van der Waals surface area contributed by atoms with Crippen LogP contribution in [0.5, 0.6) is 5.75 Å². The Morgan fingerprint density at radius 3 is 2.59 bits per heavy atom. The van der Waals surface area contributed by atoms with Crippen molar-refractivity contribution in [1.82, 2.24) is 0 Å². The lowest BCUT2D eigenvalue weighted by atomic mass is 10.0. The summed E-state index contributed by atoms with van der Waals surface area (Å²) in [4.78, 5) is 14.3. The maximum atomic E-state index is 12.4. The van der Waals surface area contributed by atoms with Crippen LogP contribution in [0.25, 0.3) is 0 Å². The number of hydrogen-bond acceptors (Lipinski definition) is 3. The van der Waals surface area contributed by atoms with Gasteiger partial charge in [-0.05, 0) is 74.1 Å². The van der Waals surface area contributed by atoms with E-state index in [1.165, 1.54) is 35.7 Å². The predicted octanol–water partition coefficient (Wildman–Crippen LogP) is 6.32. The third kappa shape index (κ3) is 4.49. The van der Waals surface area contributed by atoms with Gasteiger partial charge in [0.1, 0.15) is 12.4 Å². The second-order valence-corrected chi connectivity index (χ2v) is 7.83. The number of rotatable bonds is 7. The minimum atomic E-state index is 0.0789. The lowest BCUT2D eigenvalue weighted by Crippen LogP contribution is -2.28. The van der Waals surface area contributed by atoms with E-state index in [1.54, 1.807) is 0 Å². The van der Waals surface area contributed by atoms with Crippen LogP contribution in [0.15, 0.2) is 36.4 Å². The lowest BCUT2D eigenvalue weighted by Gasteiger charge is -2.25. The summed E-state index contributed by atoms with van der Waals surface area (Å²) in [5.41, 5.74) is 5.96. The van der Waals surface area contributed by atoms with Crippen LogP contribution >= 0.6 is 11.8 Å². The smallest absolute Gasteiger partial charge is 0.285 e. The van der Waals surface area contributed by atoms with Crippen molar-refractivity contribution >= 4 is 22.7 Å². The van der Waals surface area contributed by atoms with E-state index in [4.69, 9.17) is 4.74 Å². The summed E-state index contributed by atoms with van der Waals surface area (Å²) in [6.45, 7) is 7.43. The maximum absolute atomic E-state index is 12.4. The van der Waals surface area contributed by atoms with Gasteiger partial charge in [-0.2, -0.15) is 0 Å². The van der Waals surface area contributed by atoms with Crippen molar-refractivity contribution in [3.05, 3.63) is 58.7 Å². The summed E-state index contributed by atoms with van der Waals surface area (Å²) in [7, 11) is 0. The van der Waals surface area contributed by atoms with E-state index in [9.17, 15) is 4.79 Å². The molecule has 2 aromatic rings. The molecule has 0 N–H and O–H groups in total. The number of anilines is 1. The fraction of sp³-hybridized carbons (Fsp3) is 0.435. The highest BCUT2D eigenvalue weighted by Crippen LogP contribution is 2.44. The molecular weight excluding hydrogens is 354 g/mol. The molecule has 0 atom stereocenters. The summed E-state index contributed by atoms with van der Waals surface area (Å²) in [6, 6.07) is 12.7. The Labute approximate surface area is 167 Å². The Balaban J connectivity index is 1.92. The lowest BCUT2D eigenvalue weighted by molar-refractivity contribution is 0.265. The first-order valence-corrected chi connectivity index (χ1v) is 11.0. The number of hydrogen-bond donors (Lipinski definition) is 0. The fourth-order valence-electron chi connectivity index (χ4n) is 3.53. The molecule has 144 valence electrons. The third-order valence-electron chi connectivity index (χ3n) is 5.23. The first kappa shape index (κ1) is 19.8. The SMILES string of the molecule is CCc1ccc(OCc2c(C3CC3)cccc2N(CC)C(=O)SC)c(C)c1. The topological polar surface area (TPSA) is 29.5 Å². The fourth-order valence-corrected chi connectivity index (χ4v) is 3.98. The molecule has 0 saturated heterocycles. The van der Waals surface area contributed by atoms with Crippen molar-refractivity contribution < 1.29 is 9.53 Å².